The Balaban J connectivity index is 2.14. The van der Waals surface area contributed by atoms with Crippen molar-refractivity contribution in [1.82, 2.24) is 9.80 Å². The summed E-state index contributed by atoms with van der Waals surface area (Å²) in [4.78, 5) is 29.5. The van der Waals surface area contributed by atoms with Crippen molar-refractivity contribution in [3.8, 4) is 5.75 Å². The molecular formula is C25H28Cl2N2O4. The van der Waals surface area contributed by atoms with Gasteiger partial charge in [0.25, 0.3) is 11.7 Å². The predicted octanol–water partition coefficient (Wildman–Crippen LogP) is 5.07. The Labute approximate surface area is 204 Å². The summed E-state index contributed by atoms with van der Waals surface area (Å²) >= 11 is 12.3. The van der Waals surface area contributed by atoms with Gasteiger partial charge in [0, 0.05) is 18.7 Å². The van der Waals surface area contributed by atoms with E-state index >= 15 is 0 Å². The molecule has 0 spiro atoms. The number of Topliss-reactive ketones (excluding diaryl/α,β-unsaturated/α-hetero) is 1. The van der Waals surface area contributed by atoms with E-state index in [1.807, 2.05) is 39.8 Å². The number of ether oxygens (including phenoxy) is 1. The van der Waals surface area contributed by atoms with Crippen molar-refractivity contribution in [1.29, 1.82) is 0 Å². The second-order valence-corrected chi connectivity index (χ2v) is 9.43. The lowest BCUT2D eigenvalue weighted by atomic mass is 9.94. The number of carbonyl (C=O) groups excluding carboxylic acids is 2. The molecule has 1 amide bonds. The Morgan fingerprint density at radius 3 is 2.39 bits per heavy atom. The molecule has 33 heavy (non-hydrogen) atoms. The second kappa shape index (κ2) is 10.2. The summed E-state index contributed by atoms with van der Waals surface area (Å²) in [6.45, 7) is 6.57. The topological polar surface area (TPSA) is 70.1 Å². The third-order valence-electron chi connectivity index (χ3n) is 5.40. The molecule has 0 aromatic heterocycles. The van der Waals surface area contributed by atoms with Crippen molar-refractivity contribution in [2.45, 2.75) is 32.9 Å². The number of likely N-dealkylation sites (tertiary alicyclic amines) is 1. The van der Waals surface area contributed by atoms with Gasteiger partial charge in [-0.25, -0.2) is 0 Å². The molecule has 2 aromatic rings. The van der Waals surface area contributed by atoms with Crippen LogP contribution in [0.1, 0.15) is 36.6 Å². The zero-order chi connectivity index (χ0) is 24.4. The molecule has 0 aliphatic carbocycles. The van der Waals surface area contributed by atoms with Gasteiger partial charge < -0.3 is 19.6 Å². The molecule has 1 aliphatic rings. The maximum Gasteiger partial charge on any atom is 0.295 e. The molecule has 8 heteroatoms. The average molecular weight is 491 g/mol. The molecule has 0 bridgehead atoms. The summed E-state index contributed by atoms with van der Waals surface area (Å²) in [6.07, 6.45) is -0.000165. The fraction of sp³-hybridized carbons (Fsp3) is 0.360. The van der Waals surface area contributed by atoms with E-state index in [2.05, 4.69) is 0 Å². The first-order chi connectivity index (χ1) is 15.5. The van der Waals surface area contributed by atoms with E-state index in [1.54, 1.807) is 36.4 Å². The van der Waals surface area contributed by atoms with Gasteiger partial charge in [0.15, 0.2) is 0 Å². The Hall–Kier alpha value is -2.54. The highest BCUT2D eigenvalue weighted by molar-refractivity contribution is 6.46. The molecule has 1 heterocycles. The van der Waals surface area contributed by atoms with Crippen LogP contribution in [-0.4, -0.2) is 59.9 Å². The SMILES string of the molecule is Cc1cc(C(O)=C2C(=O)C(=O)N(CCN(C)C)[C@@H]2c2ccc(Cl)c(Cl)c2)ccc1OC(C)C. The first kappa shape index (κ1) is 25.1. The Bertz CT molecular complexity index is 1110. The van der Waals surface area contributed by atoms with Crippen LogP contribution in [0.15, 0.2) is 42.0 Å². The zero-order valence-corrected chi connectivity index (χ0v) is 20.9. The number of hydrogen-bond donors (Lipinski definition) is 1. The van der Waals surface area contributed by atoms with Crippen LogP contribution in [0.2, 0.25) is 10.0 Å². The number of halogens is 2. The quantitative estimate of drug-likeness (QED) is 0.333. The third kappa shape index (κ3) is 5.35. The molecule has 3 rings (SSSR count). The second-order valence-electron chi connectivity index (χ2n) is 8.62. The highest BCUT2D eigenvalue weighted by Crippen LogP contribution is 2.41. The van der Waals surface area contributed by atoms with Crippen molar-refractivity contribution in [2.75, 3.05) is 27.2 Å². The van der Waals surface area contributed by atoms with Gasteiger partial charge in [-0.05, 0) is 76.3 Å². The van der Waals surface area contributed by atoms with Gasteiger partial charge in [-0.15, -0.1) is 0 Å². The summed E-state index contributed by atoms with van der Waals surface area (Å²) in [6, 6.07) is 9.35. The van der Waals surface area contributed by atoms with Crippen molar-refractivity contribution >= 4 is 40.7 Å². The van der Waals surface area contributed by atoms with Crippen LogP contribution in [0.4, 0.5) is 0 Å². The fourth-order valence-electron chi connectivity index (χ4n) is 3.79. The summed E-state index contributed by atoms with van der Waals surface area (Å²) in [5.41, 5.74) is 1.86. The van der Waals surface area contributed by atoms with E-state index in [4.69, 9.17) is 27.9 Å². The average Bonchev–Trinajstić information content (AvgIpc) is 2.99. The number of rotatable bonds is 7. The van der Waals surface area contributed by atoms with E-state index in [1.165, 1.54) is 4.90 Å². The number of aryl methyl sites for hydroxylation is 1. The maximum absolute atomic E-state index is 13.1. The molecule has 1 saturated heterocycles. The number of carbonyl (C=O) groups is 2. The lowest BCUT2D eigenvalue weighted by molar-refractivity contribution is -0.140. The standard InChI is InChI=1S/C25H28Cl2N2O4/c1-14(2)33-20-9-7-17(12-15(20)3)23(30)21-22(16-6-8-18(26)19(27)13-16)29(11-10-28(4)5)25(32)24(21)31/h6-9,12-14,22,30H,10-11H2,1-5H3/t22-/m1/s1. The highest BCUT2D eigenvalue weighted by atomic mass is 35.5. The van der Waals surface area contributed by atoms with Crippen molar-refractivity contribution in [2.24, 2.45) is 0 Å². The molecule has 1 N–H and O–H groups in total. The highest BCUT2D eigenvalue weighted by Gasteiger charge is 2.46. The predicted molar refractivity (Wildman–Crippen MR) is 131 cm³/mol. The van der Waals surface area contributed by atoms with Crippen LogP contribution in [0, 0.1) is 6.92 Å². The largest absolute Gasteiger partial charge is 0.507 e. The lowest BCUT2D eigenvalue weighted by Gasteiger charge is -2.27. The zero-order valence-electron chi connectivity index (χ0n) is 19.4. The van der Waals surface area contributed by atoms with E-state index in [0.29, 0.717) is 40.0 Å². The van der Waals surface area contributed by atoms with Crippen LogP contribution < -0.4 is 4.74 Å². The third-order valence-corrected chi connectivity index (χ3v) is 6.14. The van der Waals surface area contributed by atoms with E-state index in [0.717, 1.165) is 5.56 Å². The van der Waals surface area contributed by atoms with Crippen LogP contribution >= 0.6 is 23.2 Å². The first-order valence-corrected chi connectivity index (χ1v) is 11.4. The first-order valence-electron chi connectivity index (χ1n) is 10.7. The van der Waals surface area contributed by atoms with Gasteiger partial charge in [-0.3, -0.25) is 9.59 Å². The number of amides is 1. The minimum atomic E-state index is -0.786. The van der Waals surface area contributed by atoms with E-state index in [9.17, 15) is 14.7 Å². The fourth-order valence-corrected chi connectivity index (χ4v) is 4.09. The van der Waals surface area contributed by atoms with Crippen LogP contribution in [0.3, 0.4) is 0 Å². The normalized spacial score (nSPS) is 18.0. The number of hydrogen-bond acceptors (Lipinski definition) is 5. The minimum absolute atomic E-state index is 0.000165. The van der Waals surface area contributed by atoms with Crippen molar-refractivity contribution < 1.29 is 19.4 Å². The Morgan fingerprint density at radius 1 is 1.12 bits per heavy atom. The molecule has 6 nitrogen and oxygen atoms in total. The lowest BCUT2D eigenvalue weighted by Crippen LogP contribution is -2.35. The van der Waals surface area contributed by atoms with Gasteiger partial charge in [-0.2, -0.15) is 0 Å². The molecule has 1 aliphatic heterocycles. The molecule has 0 saturated carbocycles. The maximum atomic E-state index is 13.1. The summed E-state index contributed by atoms with van der Waals surface area (Å²) in [5, 5.41) is 11.9. The van der Waals surface area contributed by atoms with Gasteiger partial charge >= 0.3 is 0 Å². The summed E-state index contributed by atoms with van der Waals surface area (Å²) in [7, 11) is 3.77. The monoisotopic (exact) mass is 490 g/mol. The molecule has 1 fully saturated rings. The molecule has 176 valence electrons. The van der Waals surface area contributed by atoms with Crippen LogP contribution in [0.25, 0.3) is 5.76 Å². The Morgan fingerprint density at radius 2 is 1.82 bits per heavy atom. The van der Waals surface area contributed by atoms with Crippen LogP contribution in [0.5, 0.6) is 5.75 Å². The number of likely N-dealkylation sites (N-methyl/N-ethyl adjacent to an activating group) is 1. The van der Waals surface area contributed by atoms with Gasteiger partial charge in [-0.1, -0.05) is 29.3 Å². The van der Waals surface area contributed by atoms with Gasteiger partial charge in [0.05, 0.1) is 27.8 Å². The minimum Gasteiger partial charge on any atom is -0.507 e. The van der Waals surface area contributed by atoms with Crippen LogP contribution in [-0.2, 0) is 9.59 Å². The number of nitrogens with zero attached hydrogens (tertiary/aromatic N) is 2. The smallest absolute Gasteiger partial charge is 0.295 e. The number of aliphatic hydroxyl groups excluding tert-OH is 1. The summed E-state index contributed by atoms with van der Waals surface area (Å²) in [5.74, 6) is -0.946. The summed E-state index contributed by atoms with van der Waals surface area (Å²) < 4.78 is 5.77. The van der Waals surface area contributed by atoms with Gasteiger partial charge in [0.1, 0.15) is 11.5 Å². The molecule has 1 atom stereocenters. The number of aliphatic hydroxyl groups is 1. The van der Waals surface area contributed by atoms with Crippen molar-refractivity contribution in [3.05, 3.63) is 68.7 Å². The molecule has 0 radical (unpaired) electrons. The number of ketones is 1. The van der Waals surface area contributed by atoms with E-state index < -0.39 is 17.7 Å². The molecule has 0 unspecified atom stereocenters. The van der Waals surface area contributed by atoms with E-state index in [-0.39, 0.29) is 17.4 Å². The molecular weight excluding hydrogens is 463 g/mol. The Kier molecular flexibility index (Phi) is 7.73. The van der Waals surface area contributed by atoms with Gasteiger partial charge in [0.2, 0.25) is 0 Å². The molecule has 2 aromatic carbocycles. The van der Waals surface area contributed by atoms with Crippen molar-refractivity contribution in [3.63, 3.8) is 0 Å². The number of benzene rings is 2.